The van der Waals surface area contributed by atoms with Crippen molar-refractivity contribution in [3.05, 3.63) is 58.9 Å². The molecule has 1 N–H and O–H groups in total. The molecule has 0 bridgehead atoms. The van der Waals surface area contributed by atoms with Crippen LogP contribution >= 0.6 is 11.6 Å². The van der Waals surface area contributed by atoms with Crippen LogP contribution in [0.1, 0.15) is 17.3 Å². The van der Waals surface area contributed by atoms with Gasteiger partial charge in [0, 0.05) is 11.3 Å². The normalized spacial score (nSPS) is 11.2. The van der Waals surface area contributed by atoms with Gasteiger partial charge < -0.3 is 0 Å². The molecule has 0 aliphatic rings. The van der Waals surface area contributed by atoms with Gasteiger partial charge in [0.05, 0.1) is 5.02 Å². The van der Waals surface area contributed by atoms with Crippen molar-refractivity contribution < 1.29 is 17.6 Å². The van der Waals surface area contributed by atoms with Crippen molar-refractivity contribution in [2.24, 2.45) is 0 Å². The molecule has 4 nitrogen and oxygen atoms in total. The molecule has 0 fully saturated rings. The maximum absolute atomic E-state index is 13.2. The third kappa shape index (κ3) is 3.59. The number of Topliss-reactive ketones (excluding diaryl/α,β-unsaturated/α-hetero) is 1. The number of nitrogens with one attached hydrogen (secondary N) is 1. The van der Waals surface area contributed by atoms with Crippen molar-refractivity contribution in [2.45, 2.75) is 11.8 Å². The lowest BCUT2D eigenvalue weighted by atomic mass is 10.1. The zero-order chi connectivity index (χ0) is 15.6. The Bertz CT molecular complexity index is 788. The number of benzene rings is 2. The topological polar surface area (TPSA) is 63.2 Å². The second kappa shape index (κ2) is 5.83. The molecule has 110 valence electrons. The van der Waals surface area contributed by atoms with Gasteiger partial charge in [0.25, 0.3) is 10.0 Å². The third-order valence-electron chi connectivity index (χ3n) is 2.73. The van der Waals surface area contributed by atoms with Crippen LogP contribution in [-0.2, 0) is 10.0 Å². The van der Waals surface area contributed by atoms with Crippen LogP contribution in [-0.4, -0.2) is 14.2 Å². The van der Waals surface area contributed by atoms with E-state index in [1.165, 1.54) is 37.3 Å². The molecule has 0 aliphatic heterocycles. The number of carbonyl (C=O) groups is 1. The zero-order valence-corrected chi connectivity index (χ0v) is 12.5. The number of sulfonamides is 1. The first-order valence-corrected chi connectivity index (χ1v) is 7.74. The maximum atomic E-state index is 13.2. The molecule has 21 heavy (non-hydrogen) atoms. The molecule has 0 radical (unpaired) electrons. The first-order valence-electron chi connectivity index (χ1n) is 5.88. The van der Waals surface area contributed by atoms with Gasteiger partial charge in [-0.3, -0.25) is 9.52 Å². The van der Waals surface area contributed by atoms with Gasteiger partial charge in [0.1, 0.15) is 10.7 Å². The lowest BCUT2D eigenvalue weighted by Crippen LogP contribution is -2.13. The predicted octanol–water partition coefficient (Wildman–Crippen LogP) is 3.48. The van der Waals surface area contributed by atoms with Gasteiger partial charge >= 0.3 is 0 Å². The molecule has 0 saturated heterocycles. The van der Waals surface area contributed by atoms with Gasteiger partial charge in [0.15, 0.2) is 5.78 Å². The van der Waals surface area contributed by atoms with E-state index in [0.717, 1.165) is 12.1 Å². The first kappa shape index (κ1) is 15.5. The fourth-order valence-electron chi connectivity index (χ4n) is 1.67. The van der Waals surface area contributed by atoms with Gasteiger partial charge in [-0.1, -0.05) is 11.6 Å². The van der Waals surface area contributed by atoms with Crippen molar-refractivity contribution in [3.8, 4) is 0 Å². The summed E-state index contributed by atoms with van der Waals surface area (Å²) in [5.74, 6) is -0.829. The second-order valence-electron chi connectivity index (χ2n) is 4.31. The lowest BCUT2D eigenvalue weighted by Gasteiger charge is -2.10. The van der Waals surface area contributed by atoms with E-state index in [4.69, 9.17) is 11.6 Å². The van der Waals surface area contributed by atoms with Crippen molar-refractivity contribution in [1.82, 2.24) is 0 Å². The first-order chi connectivity index (χ1) is 9.79. The fraction of sp³-hybridized carbons (Fsp3) is 0.0714. The molecule has 2 aromatic carbocycles. The summed E-state index contributed by atoms with van der Waals surface area (Å²) in [5, 5.41) is -0.0794. The summed E-state index contributed by atoms with van der Waals surface area (Å²) < 4.78 is 39.8. The quantitative estimate of drug-likeness (QED) is 0.874. The molecular formula is C14H11ClFNO3S. The molecule has 0 unspecified atom stereocenters. The summed E-state index contributed by atoms with van der Waals surface area (Å²) in [6, 6.07) is 8.96. The zero-order valence-electron chi connectivity index (χ0n) is 10.9. The van der Waals surface area contributed by atoms with E-state index < -0.39 is 15.8 Å². The highest BCUT2D eigenvalue weighted by Crippen LogP contribution is 2.24. The second-order valence-corrected chi connectivity index (χ2v) is 6.37. The summed E-state index contributed by atoms with van der Waals surface area (Å²) in [4.78, 5) is 10.8. The molecule has 0 atom stereocenters. The number of hydrogen-bond donors (Lipinski definition) is 1. The third-order valence-corrected chi connectivity index (χ3v) is 4.59. The van der Waals surface area contributed by atoms with Gasteiger partial charge in [0.2, 0.25) is 0 Å². The van der Waals surface area contributed by atoms with Gasteiger partial charge in [-0.2, -0.15) is 0 Å². The van der Waals surface area contributed by atoms with Crippen molar-refractivity contribution in [3.63, 3.8) is 0 Å². The number of carbonyl (C=O) groups excluding carboxylic acids is 1. The van der Waals surface area contributed by atoms with Crippen LogP contribution in [0.3, 0.4) is 0 Å². The molecule has 2 aromatic rings. The molecule has 0 aromatic heterocycles. The van der Waals surface area contributed by atoms with Gasteiger partial charge in [-0.25, -0.2) is 12.8 Å². The predicted molar refractivity (Wildman–Crippen MR) is 78.7 cm³/mol. The van der Waals surface area contributed by atoms with Crippen LogP contribution in [0.15, 0.2) is 47.4 Å². The molecule has 0 amide bonds. The van der Waals surface area contributed by atoms with E-state index in [9.17, 15) is 17.6 Å². The maximum Gasteiger partial charge on any atom is 0.263 e. The van der Waals surface area contributed by atoms with Gasteiger partial charge in [-0.15, -0.1) is 0 Å². The van der Waals surface area contributed by atoms with Gasteiger partial charge in [-0.05, 0) is 49.4 Å². The number of anilines is 1. The Labute approximate surface area is 126 Å². The van der Waals surface area contributed by atoms with E-state index in [1.54, 1.807) is 0 Å². The minimum atomic E-state index is -4.01. The average Bonchev–Trinajstić information content (AvgIpc) is 2.41. The molecule has 0 heterocycles. The monoisotopic (exact) mass is 327 g/mol. The Morgan fingerprint density at radius 2 is 1.76 bits per heavy atom. The van der Waals surface area contributed by atoms with Crippen LogP contribution in [0.2, 0.25) is 5.02 Å². The summed E-state index contributed by atoms with van der Waals surface area (Å²) in [7, 11) is -4.01. The molecular weight excluding hydrogens is 317 g/mol. The Morgan fingerprint density at radius 3 is 2.33 bits per heavy atom. The molecule has 2 rings (SSSR count). The highest BCUT2D eigenvalue weighted by molar-refractivity contribution is 7.92. The van der Waals surface area contributed by atoms with E-state index >= 15 is 0 Å². The smallest absolute Gasteiger partial charge is 0.263 e. The Balaban J connectivity index is 2.33. The Hall–Kier alpha value is -1.92. The molecule has 7 heteroatoms. The van der Waals surface area contributed by atoms with E-state index in [-0.39, 0.29) is 21.4 Å². The highest BCUT2D eigenvalue weighted by Gasteiger charge is 2.19. The average molecular weight is 328 g/mol. The molecule has 0 aliphatic carbocycles. The van der Waals surface area contributed by atoms with Crippen LogP contribution in [0.4, 0.5) is 10.1 Å². The molecule has 0 spiro atoms. The van der Waals surface area contributed by atoms with E-state index in [0.29, 0.717) is 5.56 Å². The fourth-order valence-corrected chi connectivity index (χ4v) is 3.24. The van der Waals surface area contributed by atoms with Crippen LogP contribution in [0.5, 0.6) is 0 Å². The Kier molecular flexibility index (Phi) is 4.29. The molecule has 0 saturated carbocycles. The van der Waals surface area contributed by atoms with E-state index in [2.05, 4.69) is 4.72 Å². The largest absolute Gasteiger partial charge is 0.295 e. The number of halogens is 2. The van der Waals surface area contributed by atoms with Crippen molar-refractivity contribution >= 4 is 33.1 Å². The summed E-state index contributed by atoms with van der Waals surface area (Å²) >= 11 is 5.78. The SMILES string of the molecule is CC(=O)c1ccc(NS(=O)(=O)c2cc(F)ccc2Cl)cc1. The lowest BCUT2D eigenvalue weighted by molar-refractivity contribution is 0.101. The summed E-state index contributed by atoms with van der Waals surface area (Å²) in [6.07, 6.45) is 0. The standard InChI is InChI=1S/C14H11ClFNO3S/c1-9(18)10-2-5-12(6-3-10)17-21(19,20)14-8-11(16)4-7-13(14)15/h2-8,17H,1H3. The number of ketones is 1. The Morgan fingerprint density at radius 1 is 1.14 bits per heavy atom. The summed E-state index contributed by atoms with van der Waals surface area (Å²) in [5.41, 5.74) is 0.710. The van der Waals surface area contributed by atoms with Crippen molar-refractivity contribution in [1.29, 1.82) is 0 Å². The summed E-state index contributed by atoms with van der Waals surface area (Å²) in [6.45, 7) is 1.41. The van der Waals surface area contributed by atoms with Crippen LogP contribution in [0.25, 0.3) is 0 Å². The van der Waals surface area contributed by atoms with E-state index in [1.807, 2.05) is 0 Å². The number of hydrogen-bond acceptors (Lipinski definition) is 3. The minimum Gasteiger partial charge on any atom is -0.295 e. The highest BCUT2D eigenvalue weighted by atomic mass is 35.5. The minimum absolute atomic E-state index is 0.0794. The number of rotatable bonds is 4. The van der Waals surface area contributed by atoms with Crippen LogP contribution < -0.4 is 4.72 Å². The van der Waals surface area contributed by atoms with Crippen LogP contribution in [0, 0.1) is 5.82 Å². The van der Waals surface area contributed by atoms with Crippen molar-refractivity contribution in [2.75, 3.05) is 4.72 Å².